The van der Waals surface area contributed by atoms with Gasteiger partial charge in [0.15, 0.2) is 0 Å². The molecular weight excluding hydrogens is 326 g/mol. The van der Waals surface area contributed by atoms with Crippen LogP contribution in [0, 0.1) is 0 Å². The van der Waals surface area contributed by atoms with Crippen LogP contribution in [0.2, 0.25) is 0 Å². The van der Waals surface area contributed by atoms with Crippen molar-refractivity contribution in [1.82, 2.24) is 9.97 Å². The van der Waals surface area contributed by atoms with Gasteiger partial charge >= 0.3 is 0 Å². The van der Waals surface area contributed by atoms with E-state index in [0.29, 0.717) is 11.5 Å². The third kappa shape index (κ3) is 3.18. The molecule has 25 heavy (non-hydrogen) atoms. The number of aromatic nitrogens is 2. The van der Waals surface area contributed by atoms with Crippen molar-refractivity contribution in [2.24, 2.45) is 5.16 Å². The molecule has 3 rings (SSSR count). The molecule has 0 aliphatic heterocycles. The zero-order chi connectivity index (χ0) is 18.2. The number of nitrogen functional groups attached to an aromatic ring is 1. The summed E-state index contributed by atoms with van der Waals surface area (Å²) in [6, 6.07) is 7.62. The van der Waals surface area contributed by atoms with Gasteiger partial charge in [0.1, 0.15) is 18.8 Å². The third-order valence-electron chi connectivity index (χ3n) is 4.32. The van der Waals surface area contributed by atoms with E-state index in [1.165, 1.54) is 6.33 Å². The van der Waals surface area contributed by atoms with Gasteiger partial charge < -0.3 is 10.6 Å². The number of alkyl halides is 2. The molecule has 0 saturated carbocycles. The number of hydrogen-bond acceptors (Lipinski definition) is 5. The molecule has 1 aliphatic carbocycles. The number of nitrogens with zero attached hydrogens (tertiary/aromatic N) is 3. The number of benzene rings is 1. The van der Waals surface area contributed by atoms with Crippen LogP contribution in [0.3, 0.4) is 0 Å². The van der Waals surface area contributed by atoms with Crippen LogP contribution in [-0.4, -0.2) is 28.2 Å². The van der Waals surface area contributed by atoms with Crippen molar-refractivity contribution in [2.75, 3.05) is 12.3 Å². The molecule has 2 aromatic rings. The monoisotopic (exact) mass is 346 g/mol. The molecule has 0 saturated heterocycles. The Morgan fingerprint density at radius 2 is 1.88 bits per heavy atom. The van der Waals surface area contributed by atoms with Crippen molar-refractivity contribution in [3.8, 4) is 11.3 Å². The predicted molar refractivity (Wildman–Crippen MR) is 92.6 cm³/mol. The molecule has 0 radical (unpaired) electrons. The summed E-state index contributed by atoms with van der Waals surface area (Å²) < 4.78 is 25.9. The number of oxime groups is 1. The minimum atomic E-state index is -2.79. The first-order valence-electron chi connectivity index (χ1n) is 8.01. The lowest BCUT2D eigenvalue weighted by Gasteiger charge is -2.34. The Morgan fingerprint density at radius 1 is 1.20 bits per heavy atom. The summed E-state index contributed by atoms with van der Waals surface area (Å²) in [5.41, 5.74) is 9.34. The van der Waals surface area contributed by atoms with E-state index in [-0.39, 0.29) is 6.61 Å². The van der Waals surface area contributed by atoms with Crippen molar-refractivity contribution >= 4 is 11.5 Å². The fraction of sp³-hybridized carbons (Fsp3) is 0.389. The molecule has 132 valence electrons. The van der Waals surface area contributed by atoms with Crippen LogP contribution in [0.4, 0.5) is 14.6 Å². The molecule has 1 aromatic carbocycles. The molecule has 0 amide bonds. The summed E-state index contributed by atoms with van der Waals surface area (Å²) in [5, 5.41) is 4.19. The highest BCUT2D eigenvalue weighted by Gasteiger charge is 2.40. The first-order valence-corrected chi connectivity index (χ1v) is 8.01. The molecule has 0 fully saturated rings. The van der Waals surface area contributed by atoms with E-state index in [1.807, 2.05) is 38.1 Å². The third-order valence-corrected chi connectivity index (χ3v) is 4.32. The lowest BCUT2D eigenvalue weighted by Crippen LogP contribution is -2.36. The molecule has 1 aliphatic rings. The van der Waals surface area contributed by atoms with Crippen LogP contribution in [-0.2, 0) is 10.3 Å². The second-order valence-electron chi connectivity index (χ2n) is 6.75. The quantitative estimate of drug-likeness (QED) is 0.675. The average Bonchev–Trinajstić information content (AvgIpc) is 2.52. The van der Waals surface area contributed by atoms with E-state index in [1.54, 1.807) is 0 Å². The molecular formula is C18H20F2N4O. The molecule has 1 heterocycles. The summed E-state index contributed by atoms with van der Waals surface area (Å²) in [5.74, 6) is -2.41. The van der Waals surface area contributed by atoms with Crippen LogP contribution >= 0.6 is 0 Å². The normalized spacial score (nSPS) is 17.1. The SMILES string of the molecule is CC(F)(F)CCON=C1c2ccccc2-c2ncnc(N)c2C1(C)C. The Labute approximate surface area is 144 Å². The Bertz CT molecular complexity index is 828. The molecule has 7 heteroatoms. The molecule has 0 bridgehead atoms. The van der Waals surface area contributed by atoms with Crippen LogP contribution in [0.25, 0.3) is 11.3 Å². The van der Waals surface area contributed by atoms with E-state index in [4.69, 9.17) is 10.6 Å². The Morgan fingerprint density at radius 3 is 2.56 bits per heavy atom. The maximum absolute atomic E-state index is 13.0. The largest absolute Gasteiger partial charge is 0.395 e. The number of nitrogens with two attached hydrogens (primary N) is 1. The Kier molecular flexibility index (Phi) is 4.18. The molecule has 1 aromatic heterocycles. The lowest BCUT2D eigenvalue weighted by atomic mass is 9.70. The van der Waals surface area contributed by atoms with Crippen molar-refractivity contribution < 1.29 is 13.6 Å². The molecule has 0 unspecified atom stereocenters. The minimum absolute atomic E-state index is 0.168. The second-order valence-corrected chi connectivity index (χ2v) is 6.75. The van der Waals surface area contributed by atoms with Gasteiger partial charge in [-0.05, 0) is 20.8 Å². The standard InChI is InChI=1S/C18H20F2N4O/c1-17(2)13-14(22-10-23-16(13)21)11-6-4-5-7-12(11)15(17)24-25-9-8-18(3,19)20/h4-7,10H,8-9H2,1-3H3,(H2,21,22,23). The van der Waals surface area contributed by atoms with E-state index in [2.05, 4.69) is 15.1 Å². The maximum atomic E-state index is 13.0. The average molecular weight is 346 g/mol. The van der Waals surface area contributed by atoms with E-state index < -0.39 is 17.8 Å². The number of anilines is 1. The number of hydrogen-bond donors (Lipinski definition) is 1. The number of fused-ring (bicyclic) bond motifs is 3. The van der Waals surface area contributed by atoms with Crippen LogP contribution in [0.15, 0.2) is 35.7 Å². The van der Waals surface area contributed by atoms with Crippen molar-refractivity contribution in [1.29, 1.82) is 0 Å². The first-order chi connectivity index (χ1) is 11.7. The van der Waals surface area contributed by atoms with Gasteiger partial charge in [-0.15, -0.1) is 0 Å². The van der Waals surface area contributed by atoms with E-state index in [9.17, 15) is 8.78 Å². The van der Waals surface area contributed by atoms with Gasteiger partial charge in [0, 0.05) is 28.5 Å². The Balaban J connectivity index is 2.06. The van der Waals surface area contributed by atoms with Crippen molar-refractivity contribution in [2.45, 2.75) is 38.5 Å². The fourth-order valence-corrected chi connectivity index (χ4v) is 3.07. The summed E-state index contributed by atoms with van der Waals surface area (Å²) >= 11 is 0. The van der Waals surface area contributed by atoms with Gasteiger partial charge in [-0.1, -0.05) is 29.4 Å². The number of rotatable bonds is 4. The van der Waals surface area contributed by atoms with Crippen LogP contribution in [0.5, 0.6) is 0 Å². The highest BCUT2D eigenvalue weighted by atomic mass is 19.3. The zero-order valence-electron chi connectivity index (χ0n) is 14.4. The van der Waals surface area contributed by atoms with Gasteiger partial charge in [0.25, 0.3) is 0 Å². The van der Waals surface area contributed by atoms with Gasteiger partial charge in [-0.2, -0.15) is 0 Å². The molecule has 5 nitrogen and oxygen atoms in total. The van der Waals surface area contributed by atoms with E-state index in [0.717, 1.165) is 29.3 Å². The summed E-state index contributed by atoms with van der Waals surface area (Å²) in [6.45, 7) is 4.58. The van der Waals surface area contributed by atoms with Crippen LogP contribution < -0.4 is 5.73 Å². The predicted octanol–water partition coefficient (Wildman–Crippen LogP) is 3.78. The summed E-state index contributed by atoms with van der Waals surface area (Å²) in [4.78, 5) is 13.7. The highest BCUT2D eigenvalue weighted by Crippen LogP contribution is 2.44. The highest BCUT2D eigenvalue weighted by molar-refractivity contribution is 6.15. The Hall–Kier alpha value is -2.57. The second kappa shape index (κ2) is 6.06. The summed E-state index contributed by atoms with van der Waals surface area (Å²) in [7, 11) is 0. The molecule has 2 N–H and O–H groups in total. The first kappa shape index (κ1) is 17.3. The smallest absolute Gasteiger partial charge is 0.248 e. The van der Waals surface area contributed by atoms with Gasteiger partial charge in [0.2, 0.25) is 5.92 Å². The maximum Gasteiger partial charge on any atom is 0.248 e. The topological polar surface area (TPSA) is 73.4 Å². The zero-order valence-corrected chi connectivity index (χ0v) is 14.4. The minimum Gasteiger partial charge on any atom is -0.395 e. The molecule has 0 atom stereocenters. The summed E-state index contributed by atoms with van der Waals surface area (Å²) in [6.07, 6.45) is 1.04. The molecule has 0 spiro atoms. The van der Waals surface area contributed by atoms with Gasteiger partial charge in [0.05, 0.1) is 11.4 Å². The van der Waals surface area contributed by atoms with Crippen molar-refractivity contribution in [3.63, 3.8) is 0 Å². The van der Waals surface area contributed by atoms with Crippen molar-refractivity contribution in [3.05, 3.63) is 41.7 Å². The lowest BCUT2D eigenvalue weighted by molar-refractivity contribution is -0.0158. The van der Waals surface area contributed by atoms with Crippen LogP contribution in [0.1, 0.15) is 38.3 Å². The van der Waals surface area contributed by atoms with Gasteiger partial charge in [-0.25, -0.2) is 18.7 Å². The fourth-order valence-electron chi connectivity index (χ4n) is 3.07. The van der Waals surface area contributed by atoms with E-state index >= 15 is 0 Å². The number of halogens is 2. The van der Waals surface area contributed by atoms with Gasteiger partial charge in [-0.3, -0.25) is 0 Å².